The number of amides is 2. The van der Waals surface area contributed by atoms with Crippen LogP contribution in [0.5, 0.6) is 0 Å². The van der Waals surface area contributed by atoms with Crippen LogP contribution < -0.4 is 0 Å². The van der Waals surface area contributed by atoms with Crippen molar-refractivity contribution in [2.75, 3.05) is 26.2 Å². The molecule has 2 amide bonds. The van der Waals surface area contributed by atoms with Crippen molar-refractivity contribution >= 4 is 11.8 Å². The molecule has 2 aliphatic heterocycles. The molecule has 0 aromatic carbocycles. The first-order chi connectivity index (χ1) is 12.6. The first-order valence-corrected chi connectivity index (χ1v) is 9.68. The van der Waals surface area contributed by atoms with E-state index in [0.717, 1.165) is 51.0 Å². The molecule has 3 rings (SSSR count). The van der Waals surface area contributed by atoms with Crippen molar-refractivity contribution in [3.8, 4) is 0 Å². The maximum Gasteiger partial charge on any atom is 0.226 e. The number of likely N-dealkylation sites (tertiary alicyclic amines) is 2. The number of carbonyl (C=O) groups excluding carboxylic acids is 2. The van der Waals surface area contributed by atoms with Crippen LogP contribution in [0.15, 0.2) is 36.5 Å². The predicted molar refractivity (Wildman–Crippen MR) is 101 cm³/mol. The largest absolute Gasteiger partial charge is 0.342 e. The number of carbonyl (C=O) groups is 2. The maximum absolute atomic E-state index is 12.4. The number of hydrogen-bond donors (Lipinski definition) is 0. The van der Waals surface area contributed by atoms with Crippen LogP contribution in [-0.4, -0.2) is 52.8 Å². The highest BCUT2D eigenvalue weighted by Crippen LogP contribution is 2.39. The summed E-state index contributed by atoms with van der Waals surface area (Å²) in [5, 5.41) is 0. The molecular formula is C21H29N3O2. The van der Waals surface area contributed by atoms with Gasteiger partial charge in [-0.05, 0) is 38.3 Å². The van der Waals surface area contributed by atoms with Crippen LogP contribution in [0.2, 0.25) is 0 Å². The summed E-state index contributed by atoms with van der Waals surface area (Å²) in [6, 6.07) is 5.90. The Labute approximate surface area is 156 Å². The summed E-state index contributed by atoms with van der Waals surface area (Å²) in [6.07, 6.45) is 10.5. The Morgan fingerprint density at radius 1 is 1.31 bits per heavy atom. The topological polar surface area (TPSA) is 53.5 Å². The predicted octanol–water partition coefficient (Wildman–Crippen LogP) is 2.82. The van der Waals surface area contributed by atoms with Crippen LogP contribution in [-0.2, 0) is 16.0 Å². The second kappa shape index (κ2) is 8.47. The molecule has 2 fully saturated rings. The van der Waals surface area contributed by atoms with E-state index in [4.69, 9.17) is 0 Å². The van der Waals surface area contributed by atoms with E-state index < -0.39 is 0 Å². The number of pyridine rings is 1. The van der Waals surface area contributed by atoms with Crippen LogP contribution in [0.1, 0.15) is 44.7 Å². The van der Waals surface area contributed by atoms with E-state index >= 15 is 0 Å². The molecule has 3 heterocycles. The SMILES string of the molecule is C/C=C/CC(=O)N1CCC[C@]2(CCC(=O)N(CCc3ccccn3)C2)C1. The van der Waals surface area contributed by atoms with Gasteiger partial charge >= 0.3 is 0 Å². The molecule has 26 heavy (non-hydrogen) atoms. The minimum absolute atomic E-state index is 0.0713. The average molecular weight is 355 g/mol. The third-order valence-electron chi connectivity index (χ3n) is 5.65. The van der Waals surface area contributed by atoms with Crippen molar-refractivity contribution in [1.29, 1.82) is 0 Å². The molecule has 2 aliphatic rings. The molecule has 5 nitrogen and oxygen atoms in total. The molecule has 0 unspecified atom stereocenters. The normalized spacial score (nSPS) is 23.8. The molecule has 0 saturated carbocycles. The Kier molecular flexibility index (Phi) is 6.07. The van der Waals surface area contributed by atoms with Gasteiger partial charge in [0.2, 0.25) is 11.8 Å². The number of aromatic nitrogens is 1. The zero-order valence-electron chi connectivity index (χ0n) is 15.7. The van der Waals surface area contributed by atoms with E-state index in [1.165, 1.54) is 0 Å². The van der Waals surface area contributed by atoms with Crippen LogP contribution >= 0.6 is 0 Å². The fourth-order valence-corrected chi connectivity index (χ4v) is 4.20. The number of piperidine rings is 2. The Balaban J connectivity index is 1.62. The fraction of sp³-hybridized carbons (Fsp3) is 0.571. The summed E-state index contributed by atoms with van der Waals surface area (Å²) >= 11 is 0. The second-order valence-corrected chi connectivity index (χ2v) is 7.58. The maximum atomic E-state index is 12.4. The number of hydrogen-bond acceptors (Lipinski definition) is 3. The molecule has 1 aromatic heterocycles. The lowest BCUT2D eigenvalue weighted by Crippen LogP contribution is -2.55. The lowest BCUT2D eigenvalue weighted by Gasteiger charge is -2.48. The Bertz CT molecular complexity index is 658. The molecular weight excluding hydrogens is 326 g/mol. The average Bonchev–Trinajstić information content (AvgIpc) is 2.68. The van der Waals surface area contributed by atoms with Gasteiger partial charge in [-0.1, -0.05) is 18.2 Å². The van der Waals surface area contributed by atoms with E-state index in [-0.39, 0.29) is 17.2 Å². The molecule has 0 radical (unpaired) electrons. The summed E-state index contributed by atoms with van der Waals surface area (Å²) in [6.45, 7) is 5.06. The molecule has 0 aliphatic carbocycles. The van der Waals surface area contributed by atoms with Crippen molar-refractivity contribution in [3.05, 3.63) is 42.2 Å². The van der Waals surface area contributed by atoms with E-state index in [1.54, 1.807) is 6.20 Å². The third kappa shape index (κ3) is 4.51. The van der Waals surface area contributed by atoms with E-state index in [0.29, 0.717) is 19.4 Å². The summed E-state index contributed by atoms with van der Waals surface area (Å²) < 4.78 is 0. The zero-order chi connectivity index (χ0) is 18.4. The number of nitrogens with zero attached hydrogens (tertiary/aromatic N) is 3. The zero-order valence-corrected chi connectivity index (χ0v) is 15.7. The molecule has 0 bridgehead atoms. The van der Waals surface area contributed by atoms with Gasteiger partial charge in [0.15, 0.2) is 0 Å². The van der Waals surface area contributed by atoms with E-state index in [2.05, 4.69) is 4.98 Å². The molecule has 1 spiro atoms. The lowest BCUT2D eigenvalue weighted by molar-refractivity contribution is -0.142. The monoisotopic (exact) mass is 355 g/mol. The van der Waals surface area contributed by atoms with Crippen molar-refractivity contribution in [2.45, 2.75) is 45.4 Å². The minimum atomic E-state index is 0.0713. The van der Waals surface area contributed by atoms with Crippen molar-refractivity contribution in [2.24, 2.45) is 5.41 Å². The number of allylic oxidation sites excluding steroid dienone is 1. The standard InChI is InChI=1S/C21H29N3O2/c1-2-3-8-19(25)23-14-6-11-21(16-23)12-9-20(26)24(17-21)15-10-18-7-4-5-13-22-18/h2-5,7,13H,6,8-12,14-17H2,1H3/b3-2+/t21-/m0/s1. The van der Waals surface area contributed by atoms with Crippen molar-refractivity contribution in [3.63, 3.8) is 0 Å². The van der Waals surface area contributed by atoms with Crippen LogP contribution in [0.3, 0.4) is 0 Å². The Hall–Kier alpha value is -2.17. The summed E-state index contributed by atoms with van der Waals surface area (Å²) in [4.78, 5) is 33.2. The van der Waals surface area contributed by atoms with Gasteiger partial charge < -0.3 is 9.80 Å². The molecule has 140 valence electrons. The summed E-state index contributed by atoms with van der Waals surface area (Å²) in [5.74, 6) is 0.447. The molecule has 0 N–H and O–H groups in total. The third-order valence-corrected chi connectivity index (χ3v) is 5.65. The molecule has 1 atom stereocenters. The van der Waals surface area contributed by atoms with Crippen molar-refractivity contribution < 1.29 is 9.59 Å². The van der Waals surface area contributed by atoms with E-state index in [9.17, 15) is 9.59 Å². The molecule has 1 aromatic rings. The van der Waals surface area contributed by atoms with Crippen molar-refractivity contribution in [1.82, 2.24) is 14.8 Å². The smallest absolute Gasteiger partial charge is 0.226 e. The van der Waals surface area contributed by atoms with Gasteiger partial charge in [0, 0.05) is 62.7 Å². The van der Waals surface area contributed by atoms with Gasteiger partial charge in [0.25, 0.3) is 0 Å². The highest BCUT2D eigenvalue weighted by Gasteiger charge is 2.42. The van der Waals surface area contributed by atoms with Gasteiger partial charge in [-0.3, -0.25) is 14.6 Å². The van der Waals surface area contributed by atoms with Gasteiger partial charge in [0.05, 0.1) is 0 Å². The first kappa shape index (κ1) is 18.6. The lowest BCUT2D eigenvalue weighted by atomic mass is 9.73. The quantitative estimate of drug-likeness (QED) is 0.763. The number of rotatable bonds is 5. The van der Waals surface area contributed by atoms with Crippen LogP contribution in [0.4, 0.5) is 0 Å². The van der Waals surface area contributed by atoms with Gasteiger partial charge in [-0.15, -0.1) is 0 Å². The minimum Gasteiger partial charge on any atom is -0.342 e. The highest BCUT2D eigenvalue weighted by atomic mass is 16.2. The van der Waals surface area contributed by atoms with Crippen LogP contribution in [0, 0.1) is 5.41 Å². The van der Waals surface area contributed by atoms with Gasteiger partial charge in [-0.2, -0.15) is 0 Å². The van der Waals surface area contributed by atoms with Crippen LogP contribution in [0.25, 0.3) is 0 Å². The van der Waals surface area contributed by atoms with E-state index in [1.807, 2.05) is 47.1 Å². The second-order valence-electron chi connectivity index (χ2n) is 7.58. The highest BCUT2D eigenvalue weighted by molar-refractivity contribution is 5.78. The molecule has 5 heteroatoms. The molecule has 2 saturated heterocycles. The summed E-state index contributed by atoms with van der Waals surface area (Å²) in [7, 11) is 0. The fourth-order valence-electron chi connectivity index (χ4n) is 4.20. The van der Waals surface area contributed by atoms with Gasteiger partial charge in [-0.25, -0.2) is 0 Å². The first-order valence-electron chi connectivity index (χ1n) is 9.68. The Morgan fingerprint density at radius 3 is 2.96 bits per heavy atom. The summed E-state index contributed by atoms with van der Waals surface area (Å²) in [5.41, 5.74) is 1.09. The van der Waals surface area contributed by atoms with Gasteiger partial charge in [0.1, 0.15) is 0 Å². The Morgan fingerprint density at radius 2 is 2.19 bits per heavy atom.